The summed E-state index contributed by atoms with van der Waals surface area (Å²) in [6, 6.07) is 2.36. The third kappa shape index (κ3) is 3.78. The number of carbonyl (C=O) groups is 2. The van der Waals surface area contributed by atoms with Crippen molar-refractivity contribution in [1.29, 1.82) is 0 Å². The number of nitrogens with one attached hydrogen (secondary N) is 1. The summed E-state index contributed by atoms with van der Waals surface area (Å²) < 4.78 is 5.43. The van der Waals surface area contributed by atoms with Gasteiger partial charge in [-0.1, -0.05) is 15.9 Å². The summed E-state index contributed by atoms with van der Waals surface area (Å²) >= 11 is 3.42. The molecular weight excluding hydrogens is 314 g/mol. The Kier molecular flexibility index (Phi) is 5.50. The van der Waals surface area contributed by atoms with Gasteiger partial charge in [-0.25, -0.2) is 4.79 Å². The molecule has 1 aromatic rings. The molecule has 0 saturated heterocycles. The first kappa shape index (κ1) is 15.7. The van der Waals surface area contributed by atoms with Gasteiger partial charge in [0.2, 0.25) is 0 Å². The van der Waals surface area contributed by atoms with Crippen molar-refractivity contribution in [3.8, 4) is 0 Å². The fraction of sp³-hybridized carbons (Fsp3) is 0.385. The van der Waals surface area contributed by atoms with Crippen LogP contribution in [0.15, 0.2) is 16.6 Å². The van der Waals surface area contributed by atoms with Gasteiger partial charge in [0.1, 0.15) is 0 Å². The molecule has 0 radical (unpaired) electrons. The molecule has 1 atom stereocenters. The van der Waals surface area contributed by atoms with Gasteiger partial charge in [-0.05, 0) is 37.1 Å². The standard InChI is InChI=1S/C13H16BrNO4/c1-7-4-9(5-8(2)11(7)14)12(17)15-10(6-16)13(18)19-3/h4-5,10,16H,6H2,1-3H3,(H,15,17). The largest absolute Gasteiger partial charge is 0.467 e. The van der Waals surface area contributed by atoms with E-state index in [0.29, 0.717) is 5.56 Å². The first-order valence-electron chi connectivity index (χ1n) is 5.67. The van der Waals surface area contributed by atoms with Crippen LogP contribution in [0.1, 0.15) is 21.5 Å². The third-order valence-corrected chi connectivity index (χ3v) is 3.92. The van der Waals surface area contributed by atoms with Crippen LogP contribution in [0.4, 0.5) is 0 Å². The molecule has 0 heterocycles. The van der Waals surface area contributed by atoms with Crippen LogP contribution in [0, 0.1) is 13.8 Å². The Labute approximate surface area is 120 Å². The average molecular weight is 330 g/mol. The maximum absolute atomic E-state index is 12.0. The van der Waals surface area contributed by atoms with Crippen molar-refractivity contribution >= 4 is 27.8 Å². The van der Waals surface area contributed by atoms with Crippen molar-refractivity contribution in [1.82, 2.24) is 5.32 Å². The number of aliphatic hydroxyl groups excluding tert-OH is 1. The van der Waals surface area contributed by atoms with E-state index in [1.54, 1.807) is 12.1 Å². The van der Waals surface area contributed by atoms with E-state index >= 15 is 0 Å². The summed E-state index contributed by atoms with van der Waals surface area (Å²) in [5, 5.41) is 11.5. The molecule has 2 N–H and O–H groups in total. The Balaban J connectivity index is 2.92. The minimum Gasteiger partial charge on any atom is -0.467 e. The number of methoxy groups -OCH3 is 1. The van der Waals surface area contributed by atoms with Gasteiger partial charge in [-0.2, -0.15) is 0 Å². The number of rotatable bonds is 4. The van der Waals surface area contributed by atoms with Crippen LogP contribution < -0.4 is 5.32 Å². The zero-order valence-corrected chi connectivity index (χ0v) is 12.6. The first-order valence-corrected chi connectivity index (χ1v) is 6.46. The predicted molar refractivity (Wildman–Crippen MR) is 74.0 cm³/mol. The highest BCUT2D eigenvalue weighted by molar-refractivity contribution is 9.10. The van der Waals surface area contributed by atoms with E-state index < -0.39 is 24.5 Å². The molecule has 1 unspecified atom stereocenters. The Bertz CT molecular complexity index is 478. The van der Waals surface area contributed by atoms with E-state index in [1.165, 1.54) is 7.11 Å². The number of hydrogen-bond acceptors (Lipinski definition) is 4. The molecule has 5 nitrogen and oxygen atoms in total. The molecule has 1 aromatic carbocycles. The highest BCUT2D eigenvalue weighted by Crippen LogP contribution is 2.22. The molecular formula is C13H16BrNO4. The summed E-state index contributed by atoms with van der Waals surface area (Å²) in [4.78, 5) is 23.3. The van der Waals surface area contributed by atoms with Crippen molar-refractivity contribution in [2.75, 3.05) is 13.7 Å². The number of hydrogen-bond donors (Lipinski definition) is 2. The van der Waals surface area contributed by atoms with E-state index in [-0.39, 0.29) is 0 Å². The van der Waals surface area contributed by atoms with Crippen molar-refractivity contribution < 1.29 is 19.4 Å². The molecule has 0 bridgehead atoms. The molecule has 0 aliphatic rings. The molecule has 0 aromatic heterocycles. The Morgan fingerprint density at radius 1 is 1.37 bits per heavy atom. The number of ether oxygens (including phenoxy) is 1. The smallest absolute Gasteiger partial charge is 0.330 e. The summed E-state index contributed by atoms with van der Waals surface area (Å²) in [7, 11) is 1.20. The van der Waals surface area contributed by atoms with Crippen LogP contribution in [0.5, 0.6) is 0 Å². The molecule has 0 fully saturated rings. The van der Waals surface area contributed by atoms with Crippen molar-refractivity contribution in [3.05, 3.63) is 33.3 Å². The molecule has 1 amide bonds. The minimum atomic E-state index is -1.05. The molecule has 19 heavy (non-hydrogen) atoms. The lowest BCUT2D eigenvalue weighted by Crippen LogP contribution is -2.44. The SMILES string of the molecule is COC(=O)C(CO)NC(=O)c1cc(C)c(Br)c(C)c1. The number of carbonyl (C=O) groups excluding carboxylic acids is 2. The monoisotopic (exact) mass is 329 g/mol. The molecule has 6 heteroatoms. The van der Waals surface area contributed by atoms with Crippen LogP contribution >= 0.6 is 15.9 Å². The summed E-state index contributed by atoms with van der Waals surface area (Å²) in [5.74, 6) is -1.11. The fourth-order valence-electron chi connectivity index (χ4n) is 1.64. The van der Waals surface area contributed by atoms with Gasteiger partial charge in [0.25, 0.3) is 5.91 Å². The normalized spacial score (nSPS) is 11.8. The topological polar surface area (TPSA) is 75.6 Å². The van der Waals surface area contributed by atoms with E-state index in [1.807, 2.05) is 13.8 Å². The average Bonchev–Trinajstić information content (AvgIpc) is 2.40. The number of benzene rings is 1. The van der Waals surface area contributed by atoms with Gasteiger partial charge >= 0.3 is 5.97 Å². The van der Waals surface area contributed by atoms with Gasteiger partial charge in [-0.3, -0.25) is 4.79 Å². The number of esters is 1. The lowest BCUT2D eigenvalue weighted by Gasteiger charge is -2.14. The van der Waals surface area contributed by atoms with Crippen LogP contribution in [-0.4, -0.2) is 36.7 Å². The number of aryl methyl sites for hydroxylation is 2. The minimum absolute atomic E-state index is 0.428. The van der Waals surface area contributed by atoms with Gasteiger partial charge < -0.3 is 15.2 Å². The van der Waals surface area contributed by atoms with E-state index in [4.69, 9.17) is 5.11 Å². The van der Waals surface area contributed by atoms with Crippen LogP contribution in [0.2, 0.25) is 0 Å². The second kappa shape index (κ2) is 6.68. The van der Waals surface area contributed by atoms with Crippen LogP contribution in [0.25, 0.3) is 0 Å². The van der Waals surface area contributed by atoms with Crippen molar-refractivity contribution in [2.45, 2.75) is 19.9 Å². The highest BCUT2D eigenvalue weighted by Gasteiger charge is 2.21. The zero-order valence-electron chi connectivity index (χ0n) is 11.0. The summed E-state index contributed by atoms with van der Waals surface area (Å²) in [6.45, 7) is 3.24. The molecule has 0 aliphatic heterocycles. The van der Waals surface area contributed by atoms with E-state index in [2.05, 4.69) is 26.0 Å². The molecule has 104 valence electrons. The predicted octanol–water partition coefficient (Wildman–Crippen LogP) is 1.33. The number of aliphatic hydroxyl groups is 1. The molecule has 1 rings (SSSR count). The summed E-state index contributed by atoms with van der Waals surface area (Å²) in [6.07, 6.45) is 0. The zero-order chi connectivity index (χ0) is 14.6. The third-order valence-electron chi connectivity index (χ3n) is 2.67. The van der Waals surface area contributed by atoms with Crippen molar-refractivity contribution in [3.63, 3.8) is 0 Å². The maximum atomic E-state index is 12.0. The lowest BCUT2D eigenvalue weighted by molar-refractivity contribution is -0.143. The molecule has 0 aliphatic carbocycles. The Morgan fingerprint density at radius 3 is 2.32 bits per heavy atom. The lowest BCUT2D eigenvalue weighted by atomic mass is 10.1. The highest BCUT2D eigenvalue weighted by atomic mass is 79.9. The van der Waals surface area contributed by atoms with Gasteiger partial charge in [0, 0.05) is 10.0 Å². The van der Waals surface area contributed by atoms with Crippen molar-refractivity contribution in [2.24, 2.45) is 0 Å². The summed E-state index contributed by atoms with van der Waals surface area (Å²) in [5.41, 5.74) is 2.27. The molecule has 0 saturated carbocycles. The molecule has 0 spiro atoms. The van der Waals surface area contributed by atoms with Crippen LogP contribution in [0.3, 0.4) is 0 Å². The second-order valence-electron chi connectivity index (χ2n) is 4.16. The number of halogens is 1. The van der Waals surface area contributed by atoms with Gasteiger partial charge in [0.05, 0.1) is 13.7 Å². The van der Waals surface area contributed by atoms with E-state index in [9.17, 15) is 9.59 Å². The maximum Gasteiger partial charge on any atom is 0.330 e. The fourth-order valence-corrected chi connectivity index (χ4v) is 1.87. The van der Waals surface area contributed by atoms with E-state index in [0.717, 1.165) is 15.6 Å². The quantitative estimate of drug-likeness (QED) is 0.817. The Hall–Kier alpha value is -1.40. The van der Waals surface area contributed by atoms with Gasteiger partial charge in [-0.15, -0.1) is 0 Å². The van der Waals surface area contributed by atoms with Crippen LogP contribution in [-0.2, 0) is 9.53 Å². The van der Waals surface area contributed by atoms with Gasteiger partial charge in [0.15, 0.2) is 6.04 Å². The first-order chi connectivity index (χ1) is 8.90. The number of amides is 1. The Morgan fingerprint density at radius 2 is 1.89 bits per heavy atom. The second-order valence-corrected chi connectivity index (χ2v) is 4.95.